The van der Waals surface area contributed by atoms with Gasteiger partial charge in [0.15, 0.2) is 0 Å². The summed E-state index contributed by atoms with van der Waals surface area (Å²) < 4.78 is 0. The van der Waals surface area contributed by atoms with E-state index in [0.717, 1.165) is 24.8 Å². The van der Waals surface area contributed by atoms with Gasteiger partial charge in [0.05, 0.1) is 22.6 Å². The summed E-state index contributed by atoms with van der Waals surface area (Å²) >= 11 is 6.26. The topological polar surface area (TPSA) is 45.4 Å². The summed E-state index contributed by atoms with van der Waals surface area (Å²) in [7, 11) is 2.24. The minimum absolute atomic E-state index is 0.626. The van der Waals surface area contributed by atoms with Gasteiger partial charge >= 0.3 is 0 Å². The maximum Gasteiger partial charge on any atom is 0.0843 e. The monoisotopic (exact) mass is 266 g/mol. The first-order valence-corrected chi connectivity index (χ1v) is 6.90. The minimum Gasteiger partial charge on any atom is -0.396 e. The van der Waals surface area contributed by atoms with Crippen LogP contribution in [0.15, 0.2) is 12.4 Å². The van der Waals surface area contributed by atoms with E-state index in [1.54, 1.807) is 12.4 Å². The summed E-state index contributed by atoms with van der Waals surface area (Å²) in [4.78, 5) is 8.88. The first-order valence-electron chi connectivity index (χ1n) is 6.52. The number of aromatic nitrogens is 1. The van der Waals surface area contributed by atoms with Gasteiger partial charge in [-0.2, -0.15) is 0 Å². The highest BCUT2D eigenvalue weighted by atomic mass is 35.5. The van der Waals surface area contributed by atoms with E-state index in [9.17, 15) is 0 Å². The van der Waals surface area contributed by atoms with Crippen molar-refractivity contribution in [1.82, 2.24) is 9.88 Å². The first kappa shape index (κ1) is 12.1. The standard InChI is InChI=1S/C13H19ClN4/c1-17-9-2-3-10(17)8-18(5-4-9)13-11(14)6-16-7-12(13)15/h6-7,9-10H,2-5,8,15H2,1H3. The predicted molar refractivity (Wildman–Crippen MR) is 75.1 cm³/mol. The normalized spacial score (nSPS) is 28.4. The van der Waals surface area contributed by atoms with E-state index in [0.29, 0.717) is 16.8 Å². The van der Waals surface area contributed by atoms with Crippen LogP contribution in [0.4, 0.5) is 11.4 Å². The summed E-state index contributed by atoms with van der Waals surface area (Å²) in [5.41, 5.74) is 7.68. The molecule has 0 spiro atoms. The molecule has 98 valence electrons. The molecule has 2 aliphatic heterocycles. The van der Waals surface area contributed by atoms with E-state index < -0.39 is 0 Å². The summed E-state index contributed by atoms with van der Waals surface area (Å²) in [6, 6.07) is 1.35. The Hall–Kier alpha value is -1.00. The molecular weight excluding hydrogens is 248 g/mol. The molecule has 0 aromatic carbocycles. The lowest BCUT2D eigenvalue weighted by molar-refractivity contribution is 0.254. The van der Waals surface area contributed by atoms with Gasteiger partial charge in [0.1, 0.15) is 0 Å². The van der Waals surface area contributed by atoms with Crippen molar-refractivity contribution in [3.63, 3.8) is 0 Å². The van der Waals surface area contributed by atoms with Gasteiger partial charge in [-0.05, 0) is 26.3 Å². The second kappa shape index (κ2) is 4.59. The van der Waals surface area contributed by atoms with Gasteiger partial charge < -0.3 is 10.6 Å². The maximum atomic E-state index is 6.26. The molecule has 2 atom stereocenters. The average Bonchev–Trinajstić information content (AvgIpc) is 2.56. The van der Waals surface area contributed by atoms with Crippen molar-refractivity contribution in [3.8, 4) is 0 Å². The van der Waals surface area contributed by atoms with E-state index in [2.05, 4.69) is 21.8 Å². The number of halogens is 1. The fourth-order valence-corrected chi connectivity index (χ4v) is 3.57. The van der Waals surface area contributed by atoms with Crippen LogP contribution in [0.1, 0.15) is 19.3 Å². The Morgan fingerprint density at radius 2 is 2.06 bits per heavy atom. The number of hydrogen-bond donors (Lipinski definition) is 1. The second-order valence-corrected chi connectivity index (χ2v) is 5.75. The highest BCUT2D eigenvalue weighted by Gasteiger charge is 2.35. The molecule has 0 radical (unpaired) electrons. The summed E-state index contributed by atoms with van der Waals surface area (Å²) in [6.07, 6.45) is 7.16. The summed E-state index contributed by atoms with van der Waals surface area (Å²) in [5.74, 6) is 0. The van der Waals surface area contributed by atoms with E-state index in [4.69, 9.17) is 17.3 Å². The van der Waals surface area contributed by atoms with Crippen molar-refractivity contribution in [3.05, 3.63) is 17.4 Å². The predicted octanol–water partition coefficient (Wildman–Crippen LogP) is 1.99. The van der Waals surface area contributed by atoms with Gasteiger partial charge in [0.2, 0.25) is 0 Å². The third-order valence-electron chi connectivity index (χ3n) is 4.37. The molecule has 3 heterocycles. The molecule has 2 fully saturated rings. The Bertz CT molecular complexity index is 430. The largest absolute Gasteiger partial charge is 0.396 e. The fourth-order valence-electron chi connectivity index (χ4n) is 3.29. The number of hydrogen-bond acceptors (Lipinski definition) is 4. The number of nitrogen functional groups attached to an aromatic ring is 1. The quantitative estimate of drug-likeness (QED) is 0.844. The van der Waals surface area contributed by atoms with Gasteiger partial charge in [-0.3, -0.25) is 9.88 Å². The number of fused-ring (bicyclic) bond motifs is 2. The van der Waals surface area contributed by atoms with Crippen LogP contribution in [0, 0.1) is 0 Å². The number of rotatable bonds is 1. The van der Waals surface area contributed by atoms with Gasteiger partial charge in [0.25, 0.3) is 0 Å². The van der Waals surface area contributed by atoms with Crippen molar-refractivity contribution in [2.24, 2.45) is 0 Å². The zero-order chi connectivity index (χ0) is 12.7. The zero-order valence-electron chi connectivity index (χ0n) is 10.6. The van der Waals surface area contributed by atoms with Crippen LogP contribution >= 0.6 is 11.6 Å². The molecule has 2 bridgehead atoms. The number of pyridine rings is 1. The third kappa shape index (κ3) is 1.93. The van der Waals surface area contributed by atoms with Gasteiger partial charge in [0, 0.05) is 31.4 Å². The van der Waals surface area contributed by atoms with Crippen molar-refractivity contribution in [1.29, 1.82) is 0 Å². The maximum absolute atomic E-state index is 6.26. The third-order valence-corrected chi connectivity index (χ3v) is 4.64. The molecule has 5 heteroatoms. The molecule has 0 aliphatic carbocycles. The molecule has 3 rings (SSSR count). The van der Waals surface area contributed by atoms with Crippen molar-refractivity contribution in [2.45, 2.75) is 31.3 Å². The Morgan fingerprint density at radius 3 is 2.83 bits per heavy atom. The van der Waals surface area contributed by atoms with Crippen LogP contribution in [-0.4, -0.2) is 42.1 Å². The van der Waals surface area contributed by atoms with Crippen molar-refractivity contribution in [2.75, 3.05) is 30.8 Å². The number of nitrogens with two attached hydrogens (primary N) is 1. The molecule has 4 nitrogen and oxygen atoms in total. The van der Waals surface area contributed by atoms with Crippen molar-refractivity contribution < 1.29 is 0 Å². The number of nitrogens with zero attached hydrogens (tertiary/aromatic N) is 3. The molecule has 18 heavy (non-hydrogen) atoms. The molecular formula is C13H19ClN4. The molecule has 1 aromatic heterocycles. The van der Waals surface area contributed by atoms with Crippen LogP contribution in [0.3, 0.4) is 0 Å². The lowest BCUT2D eigenvalue weighted by Crippen LogP contribution is -2.37. The molecule has 2 N–H and O–H groups in total. The van der Waals surface area contributed by atoms with Crippen molar-refractivity contribution >= 4 is 23.0 Å². The second-order valence-electron chi connectivity index (χ2n) is 5.34. The molecule has 0 amide bonds. The van der Waals surface area contributed by atoms with Crippen LogP contribution in [0.25, 0.3) is 0 Å². The summed E-state index contributed by atoms with van der Waals surface area (Å²) in [6.45, 7) is 2.04. The Balaban J connectivity index is 1.89. The molecule has 0 saturated carbocycles. The lowest BCUT2D eigenvalue weighted by atomic mass is 10.1. The minimum atomic E-state index is 0.626. The molecule has 1 aromatic rings. The van der Waals surface area contributed by atoms with E-state index in [1.165, 1.54) is 19.3 Å². The van der Waals surface area contributed by atoms with E-state index in [-0.39, 0.29) is 0 Å². The molecule has 2 saturated heterocycles. The molecule has 2 unspecified atom stereocenters. The fraction of sp³-hybridized carbons (Fsp3) is 0.615. The highest BCUT2D eigenvalue weighted by Crippen LogP contribution is 2.36. The summed E-state index contributed by atoms with van der Waals surface area (Å²) in [5, 5.41) is 0.662. The van der Waals surface area contributed by atoms with Crippen LogP contribution in [0.2, 0.25) is 5.02 Å². The SMILES string of the molecule is CN1C2CCC1CN(c1c(N)cncc1Cl)CC2. The zero-order valence-corrected chi connectivity index (χ0v) is 11.4. The van der Waals surface area contributed by atoms with E-state index in [1.807, 2.05) is 0 Å². The average molecular weight is 267 g/mol. The van der Waals surface area contributed by atoms with Crippen LogP contribution in [-0.2, 0) is 0 Å². The van der Waals surface area contributed by atoms with E-state index >= 15 is 0 Å². The smallest absolute Gasteiger partial charge is 0.0843 e. The highest BCUT2D eigenvalue weighted by molar-refractivity contribution is 6.33. The van der Waals surface area contributed by atoms with Gasteiger partial charge in [-0.1, -0.05) is 11.6 Å². The first-order chi connectivity index (χ1) is 8.66. The molecule has 2 aliphatic rings. The lowest BCUT2D eigenvalue weighted by Gasteiger charge is -2.29. The Kier molecular flexibility index (Phi) is 3.08. The van der Waals surface area contributed by atoms with Gasteiger partial charge in [-0.15, -0.1) is 0 Å². The van der Waals surface area contributed by atoms with Crippen LogP contribution in [0.5, 0.6) is 0 Å². The Morgan fingerprint density at radius 1 is 1.28 bits per heavy atom. The van der Waals surface area contributed by atoms with Crippen LogP contribution < -0.4 is 10.6 Å². The Labute approximate surface area is 113 Å². The number of likely N-dealkylation sites (N-methyl/N-ethyl adjacent to an activating group) is 1. The number of anilines is 2. The van der Waals surface area contributed by atoms with Gasteiger partial charge in [-0.25, -0.2) is 0 Å².